The summed E-state index contributed by atoms with van der Waals surface area (Å²) < 4.78 is 31.4. The molecule has 0 radical (unpaired) electrons. The van der Waals surface area contributed by atoms with Crippen LogP contribution in [0.3, 0.4) is 0 Å². The van der Waals surface area contributed by atoms with Crippen molar-refractivity contribution < 1.29 is 17.9 Å². The van der Waals surface area contributed by atoms with Crippen molar-refractivity contribution in [2.45, 2.75) is 18.4 Å². The maximum atomic E-state index is 12.2. The first-order valence-corrected chi connectivity index (χ1v) is 7.42. The van der Waals surface area contributed by atoms with Gasteiger partial charge in [-0.25, -0.2) is 8.42 Å². The Kier molecular flexibility index (Phi) is 5.33. The zero-order valence-electron chi connectivity index (χ0n) is 11.0. The number of hydrogen-bond donors (Lipinski definition) is 0. The highest BCUT2D eigenvalue weighted by Gasteiger charge is 2.27. The molecule has 0 saturated heterocycles. The molecule has 0 unspecified atom stereocenters. The van der Waals surface area contributed by atoms with E-state index in [1.807, 2.05) is 0 Å². The van der Waals surface area contributed by atoms with E-state index in [2.05, 4.69) is 5.10 Å². The van der Waals surface area contributed by atoms with Crippen molar-refractivity contribution >= 4 is 27.6 Å². The zero-order valence-corrected chi connectivity index (χ0v) is 12.5. The van der Waals surface area contributed by atoms with Gasteiger partial charge in [-0.2, -0.15) is 9.40 Å². The first kappa shape index (κ1) is 15.9. The van der Waals surface area contributed by atoms with Gasteiger partial charge in [0.05, 0.1) is 24.2 Å². The van der Waals surface area contributed by atoms with Crippen LogP contribution in [0.5, 0.6) is 0 Å². The Labute approximate surface area is 117 Å². The Morgan fingerprint density at radius 1 is 1.58 bits per heavy atom. The Morgan fingerprint density at radius 2 is 2.21 bits per heavy atom. The number of aromatic nitrogens is 2. The lowest BCUT2D eigenvalue weighted by Crippen LogP contribution is -2.31. The summed E-state index contributed by atoms with van der Waals surface area (Å²) in [5.74, 6) is -0.444. The fraction of sp³-hybridized carbons (Fsp3) is 0.600. The quantitative estimate of drug-likeness (QED) is 0.721. The van der Waals surface area contributed by atoms with Gasteiger partial charge in [-0.1, -0.05) is 11.6 Å². The van der Waals surface area contributed by atoms with Crippen molar-refractivity contribution in [1.29, 1.82) is 0 Å². The molecule has 1 rings (SSSR count). The predicted octanol–water partition coefficient (Wildman–Crippen LogP) is 0.647. The van der Waals surface area contributed by atoms with E-state index < -0.39 is 16.0 Å². The van der Waals surface area contributed by atoms with Gasteiger partial charge in [0.2, 0.25) is 0 Å². The molecule has 1 aromatic rings. The highest BCUT2D eigenvalue weighted by Crippen LogP contribution is 2.22. The SMILES string of the molecule is CCOC(=O)CCN(C)S(=O)(=O)c1c(Cl)cnn1C. The molecule has 0 N–H and O–H groups in total. The molecule has 1 heterocycles. The number of nitrogens with zero attached hydrogens (tertiary/aromatic N) is 3. The number of hydrogen-bond acceptors (Lipinski definition) is 5. The minimum Gasteiger partial charge on any atom is -0.466 e. The van der Waals surface area contributed by atoms with Crippen LogP contribution in [0.2, 0.25) is 5.02 Å². The minimum atomic E-state index is -3.77. The number of carbonyl (C=O) groups is 1. The number of ether oxygens (including phenoxy) is 1. The maximum Gasteiger partial charge on any atom is 0.307 e. The molecule has 0 aliphatic carbocycles. The second kappa shape index (κ2) is 6.36. The van der Waals surface area contributed by atoms with E-state index in [0.29, 0.717) is 0 Å². The molecule has 0 atom stereocenters. The second-order valence-electron chi connectivity index (χ2n) is 3.80. The molecule has 0 amide bonds. The molecule has 7 nitrogen and oxygen atoms in total. The van der Waals surface area contributed by atoms with Crippen LogP contribution in [0.25, 0.3) is 0 Å². The van der Waals surface area contributed by atoms with Gasteiger partial charge in [0.1, 0.15) is 0 Å². The molecule has 0 saturated carbocycles. The van der Waals surface area contributed by atoms with E-state index in [1.165, 1.54) is 25.0 Å². The summed E-state index contributed by atoms with van der Waals surface area (Å²) >= 11 is 5.81. The average molecular weight is 310 g/mol. The number of sulfonamides is 1. The van der Waals surface area contributed by atoms with Gasteiger partial charge in [0.15, 0.2) is 5.03 Å². The maximum absolute atomic E-state index is 12.2. The normalized spacial score (nSPS) is 11.8. The number of carbonyl (C=O) groups excluding carboxylic acids is 1. The molecule has 1 aromatic heterocycles. The molecule has 0 aliphatic heterocycles. The summed E-state index contributed by atoms with van der Waals surface area (Å²) in [6.45, 7) is 1.97. The van der Waals surface area contributed by atoms with Crippen LogP contribution in [0.15, 0.2) is 11.2 Å². The summed E-state index contributed by atoms with van der Waals surface area (Å²) in [5, 5.41) is 3.73. The van der Waals surface area contributed by atoms with Crippen LogP contribution < -0.4 is 0 Å². The van der Waals surface area contributed by atoms with Crippen LogP contribution in [-0.4, -0.2) is 48.7 Å². The summed E-state index contributed by atoms with van der Waals surface area (Å²) in [6, 6.07) is 0. The van der Waals surface area contributed by atoms with Crippen LogP contribution in [-0.2, 0) is 26.6 Å². The van der Waals surface area contributed by atoms with Gasteiger partial charge in [-0.15, -0.1) is 0 Å². The van der Waals surface area contributed by atoms with E-state index in [1.54, 1.807) is 6.92 Å². The minimum absolute atomic E-state index is 0.0148. The number of rotatable bonds is 6. The Bertz CT molecular complexity index is 536. The van der Waals surface area contributed by atoms with E-state index in [4.69, 9.17) is 16.3 Å². The molecule has 108 valence electrons. The van der Waals surface area contributed by atoms with Crippen molar-refractivity contribution in [2.24, 2.45) is 7.05 Å². The predicted molar refractivity (Wildman–Crippen MR) is 69.3 cm³/mol. The van der Waals surface area contributed by atoms with Gasteiger partial charge in [-0.3, -0.25) is 9.48 Å². The number of halogens is 1. The summed E-state index contributed by atoms with van der Waals surface area (Å²) in [5.41, 5.74) is 0. The Balaban J connectivity index is 2.81. The largest absolute Gasteiger partial charge is 0.466 e. The third-order valence-corrected chi connectivity index (χ3v) is 4.80. The standard InChI is InChI=1S/C10H16ClN3O4S/c1-4-18-9(15)5-6-13(2)19(16,17)10-8(11)7-12-14(10)3/h7H,4-6H2,1-3H3. The average Bonchev–Trinajstić information content (AvgIpc) is 2.66. The van der Waals surface area contributed by atoms with Crippen molar-refractivity contribution in [3.8, 4) is 0 Å². The lowest BCUT2D eigenvalue weighted by molar-refractivity contribution is -0.143. The number of esters is 1. The van der Waals surface area contributed by atoms with Gasteiger partial charge < -0.3 is 4.74 Å². The first-order valence-electron chi connectivity index (χ1n) is 5.60. The fourth-order valence-corrected chi connectivity index (χ4v) is 3.20. The van der Waals surface area contributed by atoms with Crippen LogP contribution in [0.4, 0.5) is 0 Å². The van der Waals surface area contributed by atoms with Gasteiger partial charge in [0, 0.05) is 20.6 Å². The topological polar surface area (TPSA) is 81.5 Å². The molecule has 0 aromatic carbocycles. The highest BCUT2D eigenvalue weighted by atomic mass is 35.5. The molecule has 19 heavy (non-hydrogen) atoms. The van der Waals surface area contributed by atoms with Crippen molar-refractivity contribution in [1.82, 2.24) is 14.1 Å². The molecule has 0 fully saturated rings. The third kappa shape index (κ3) is 3.68. The lowest BCUT2D eigenvalue weighted by atomic mass is 10.4. The van der Waals surface area contributed by atoms with Crippen molar-refractivity contribution in [2.75, 3.05) is 20.2 Å². The van der Waals surface area contributed by atoms with Gasteiger partial charge in [-0.05, 0) is 6.92 Å². The smallest absolute Gasteiger partial charge is 0.307 e. The number of aryl methyl sites for hydroxylation is 1. The van der Waals surface area contributed by atoms with E-state index in [9.17, 15) is 13.2 Å². The van der Waals surface area contributed by atoms with Crippen LogP contribution in [0, 0.1) is 0 Å². The molecule has 0 aliphatic rings. The summed E-state index contributed by atoms with van der Waals surface area (Å²) in [4.78, 5) is 11.2. The first-order chi connectivity index (χ1) is 8.80. The Morgan fingerprint density at radius 3 is 2.68 bits per heavy atom. The Hall–Kier alpha value is -1.12. The third-order valence-electron chi connectivity index (χ3n) is 2.43. The highest BCUT2D eigenvalue weighted by molar-refractivity contribution is 7.89. The molecule has 0 spiro atoms. The molecule has 0 bridgehead atoms. The fourth-order valence-electron chi connectivity index (χ4n) is 1.44. The van der Waals surface area contributed by atoms with E-state index in [0.717, 1.165) is 4.31 Å². The van der Waals surface area contributed by atoms with E-state index in [-0.39, 0.29) is 29.6 Å². The summed E-state index contributed by atoms with van der Waals surface area (Å²) in [7, 11) is -0.917. The van der Waals surface area contributed by atoms with Crippen LogP contribution in [0.1, 0.15) is 13.3 Å². The zero-order chi connectivity index (χ0) is 14.6. The molecular weight excluding hydrogens is 294 g/mol. The molecule has 9 heteroatoms. The monoisotopic (exact) mass is 309 g/mol. The van der Waals surface area contributed by atoms with Gasteiger partial charge >= 0.3 is 5.97 Å². The van der Waals surface area contributed by atoms with E-state index >= 15 is 0 Å². The second-order valence-corrected chi connectivity index (χ2v) is 6.17. The van der Waals surface area contributed by atoms with Gasteiger partial charge in [0.25, 0.3) is 10.0 Å². The molecular formula is C10H16ClN3O4S. The van der Waals surface area contributed by atoms with Crippen LogP contribution >= 0.6 is 11.6 Å². The lowest BCUT2D eigenvalue weighted by Gasteiger charge is -2.16. The summed E-state index contributed by atoms with van der Waals surface area (Å²) in [6.07, 6.45) is 1.24. The van der Waals surface area contributed by atoms with Crippen molar-refractivity contribution in [3.63, 3.8) is 0 Å². The van der Waals surface area contributed by atoms with Crippen molar-refractivity contribution in [3.05, 3.63) is 11.2 Å².